The number of carbonyl (C=O) groups excluding carboxylic acids is 2. The van der Waals surface area contributed by atoms with E-state index in [1.54, 1.807) is 0 Å². The van der Waals surface area contributed by atoms with Crippen LogP contribution in [0.2, 0.25) is 0 Å². The highest BCUT2D eigenvalue weighted by Gasteiger charge is 2.41. The number of thioether (sulfide) groups is 1. The lowest BCUT2D eigenvalue weighted by atomic mass is 10.1. The van der Waals surface area contributed by atoms with Crippen molar-refractivity contribution in [3.63, 3.8) is 0 Å². The molecule has 2 amide bonds. The minimum atomic E-state index is -0.282. The number of likely N-dealkylation sites (tertiary alicyclic amines) is 1. The summed E-state index contributed by atoms with van der Waals surface area (Å²) in [5, 5.41) is 3.37. The van der Waals surface area contributed by atoms with Crippen LogP contribution in [0.3, 0.4) is 0 Å². The predicted octanol–water partition coefficient (Wildman–Crippen LogP) is 1.40. The van der Waals surface area contributed by atoms with Gasteiger partial charge in [-0.1, -0.05) is 6.92 Å². The van der Waals surface area contributed by atoms with Crippen molar-refractivity contribution in [2.45, 2.75) is 57.7 Å². The molecule has 0 aromatic carbocycles. The zero-order chi connectivity index (χ0) is 13.1. The van der Waals surface area contributed by atoms with Gasteiger partial charge in [-0.2, -0.15) is 11.8 Å². The predicted molar refractivity (Wildman–Crippen MR) is 73.5 cm³/mol. The molecule has 18 heavy (non-hydrogen) atoms. The van der Waals surface area contributed by atoms with Crippen LogP contribution >= 0.6 is 11.8 Å². The first-order chi connectivity index (χ1) is 8.63. The molecule has 0 radical (unpaired) electrons. The molecule has 0 saturated carbocycles. The Hall–Kier alpha value is -0.550. The maximum atomic E-state index is 12.2. The average Bonchev–Trinajstić information content (AvgIpc) is 2.65. The molecule has 2 aliphatic rings. The molecule has 0 bridgehead atoms. The summed E-state index contributed by atoms with van der Waals surface area (Å²) in [7, 11) is 0. The first kappa shape index (κ1) is 13.9. The van der Waals surface area contributed by atoms with Gasteiger partial charge in [-0.15, -0.1) is 0 Å². The van der Waals surface area contributed by atoms with Gasteiger partial charge in [0.15, 0.2) is 0 Å². The molecule has 0 aliphatic carbocycles. The molecule has 1 N–H and O–H groups in total. The Bertz CT molecular complexity index is 329. The summed E-state index contributed by atoms with van der Waals surface area (Å²) in [6.45, 7) is 3.94. The van der Waals surface area contributed by atoms with Crippen LogP contribution < -0.4 is 5.32 Å². The van der Waals surface area contributed by atoms with Crippen LogP contribution in [0.1, 0.15) is 39.5 Å². The number of hydrogen-bond donors (Lipinski definition) is 1. The van der Waals surface area contributed by atoms with E-state index in [0.717, 1.165) is 18.6 Å². The summed E-state index contributed by atoms with van der Waals surface area (Å²) in [5.41, 5.74) is 0. The van der Waals surface area contributed by atoms with E-state index in [1.807, 2.05) is 25.6 Å². The highest BCUT2D eigenvalue weighted by Crippen LogP contribution is 2.22. The largest absolute Gasteiger partial charge is 0.302 e. The molecule has 2 aliphatic heterocycles. The molecule has 2 heterocycles. The molecule has 4 nitrogen and oxygen atoms in total. The van der Waals surface area contributed by atoms with E-state index in [-0.39, 0.29) is 23.9 Å². The van der Waals surface area contributed by atoms with E-state index in [4.69, 9.17) is 0 Å². The smallest absolute Gasteiger partial charge is 0.247 e. The van der Waals surface area contributed by atoms with Crippen molar-refractivity contribution in [1.29, 1.82) is 0 Å². The van der Waals surface area contributed by atoms with Gasteiger partial charge < -0.3 is 5.32 Å². The lowest BCUT2D eigenvalue weighted by Gasteiger charge is -2.26. The number of rotatable bonds is 4. The van der Waals surface area contributed by atoms with Crippen LogP contribution in [0.15, 0.2) is 0 Å². The van der Waals surface area contributed by atoms with Crippen molar-refractivity contribution >= 4 is 23.6 Å². The summed E-state index contributed by atoms with van der Waals surface area (Å²) in [6, 6.07) is 0.134. The minimum absolute atomic E-state index is 0.0182. The van der Waals surface area contributed by atoms with Gasteiger partial charge in [-0.05, 0) is 31.9 Å². The van der Waals surface area contributed by atoms with E-state index in [9.17, 15) is 9.59 Å². The van der Waals surface area contributed by atoms with E-state index >= 15 is 0 Å². The van der Waals surface area contributed by atoms with Gasteiger partial charge in [0.25, 0.3) is 0 Å². The second-order valence-corrected chi connectivity index (χ2v) is 6.35. The fourth-order valence-corrected chi connectivity index (χ4v) is 3.67. The number of carbonyl (C=O) groups is 2. The molecular formula is C13H22N2O2S. The lowest BCUT2D eigenvalue weighted by molar-refractivity contribution is -0.141. The number of nitrogens with one attached hydrogen (secondary N) is 1. The normalized spacial score (nSPS) is 30.9. The Morgan fingerprint density at radius 1 is 1.50 bits per heavy atom. The van der Waals surface area contributed by atoms with Gasteiger partial charge in [-0.25, -0.2) is 0 Å². The third kappa shape index (κ3) is 2.88. The molecule has 0 aromatic heterocycles. The third-order valence-electron chi connectivity index (χ3n) is 3.81. The van der Waals surface area contributed by atoms with E-state index in [0.29, 0.717) is 12.5 Å². The minimum Gasteiger partial charge on any atom is -0.302 e. The Balaban J connectivity index is 1.94. The molecule has 2 saturated heterocycles. The number of hydrogen-bond acceptors (Lipinski definition) is 4. The summed E-state index contributed by atoms with van der Waals surface area (Å²) < 4.78 is 0. The van der Waals surface area contributed by atoms with Crippen LogP contribution in [0.5, 0.6) is 0 Å². The Labute approximate surface area is 113 Å². The molecule has 2 fully saturated rings. The number of nitrogens with zero attached hydrogens (tertiary/aromatic N) is 1. The summed E-state index contributed by atoms with van der Waals surface area (Å²) in [6.07, 6.45) is 3.48. The molecule has 0 aromatic rings. The summed E-state index contributed by atoms with van der Waals surface area (Å²) >= 11 is 1.93. The summed E-state index contributed by atoms with van der Waals surface area (Å²) in [5.74, 6) is 2.23. The Morgan fingerprint density at radius 2 is 2.28 bits per heavy atom. The van der Waals surface area contributed by atoms with Crippen molar-refractivity contribution in [3.8, 4) is 0 Å². The fourth-order valence-electron chi connectivity index (χ4n) is 2.58. The maximum Gasteiger partial charge on any atom is 0.247 e. The zero-order valence-electron chi connectivity index (χ0n) is 11.1. The van der Waals surface area contributed by atoms with Crippen LogP contribution in [-0.2, 0) is 9.59 Å². The molecule has 0 spiro atoms. The van der Waals surface area contributed by atoms with Gasteiger partial charge in [0.05, 0.1) is 12.5 Å². The quantitative estimate of drug-likeness (QED) is 0.785. The van der Waals surface area contributed by atoms with Crippen molar-refractivity contribution < 1.29 is 9.59 Å². The van der Waals surface area contributed by atoms with Crippen LogP contribution in [0, 0.1) is 0 Å². The van der Waals surface area contributed by atoms with Crippen LogP contribution in [0.25, 0.3) is 0 Å². The molecule has 3 unspecified atom stereocenters. The SMILES string of the molecule is CCC(C)N1C(=O)CC(NC2CCCSC2)C1=O. The fraction of sp³-hybridized carbons (Fsp3) is 0.846. The number of amides is 2. The molecule has 5 heteroatoms. The monoisotopic (exact) mass is 270 g/mol. The van der Waals surface area contributed by atoms with Gasteiger partial charge >= 0.3 is 0 Å². The summed E-state index contributed by atoms with van der Waals surface area (Å²) in [4.78, 5) is 25.6. The molecular weight excluding hydrogens is 248 g/mol. The van der Waals surface area contributed by atoms with Crippen molar-refractivity contribution in [1.82, 2.24) is 10.2 Å². The van der Waals surface area contributed by atoms with Crippen molar-refractivity contribution in [3.05, 3.63) is 0 Å². The van der Waals surface area contributed by atoms with Gasteiger partial charge in [0.2, 0.25) is 11.8 Å². The van der Waals surface area contributed by atoms with Crippen LogP contribution in [-0.4, -0.2) is 46.3 Å². The second-order valence-electron chi connectivity index (χ2n) is 5.20. The molecule has 3 atom stereocenters. The first-order valence-corrected chi connectivity index (χ1v) is 7.98. The zero-order valence-corrected chi connectivity index (χ0v) is 12.0. The first-order valence-electron chi connectivity index (χ1n) is 6.83. The Morgan fingerprint density at radius 3 is 2.89 bits per heavy atom. The standard InChI is InChI=1S/C13H22N2O2S/c1-3-9(2)15-12(16)7-11(13(15)17)14-10-5-4-6-18-8-10/h9-11,14H,3-8H2,1-2H3. The second kappa shape index (κ2) is 6.06. The molecule has 102 valence electrons. The van der Waals surface area contributed by atoms with Gasteiger partial charge in [0.1, 0.15) is 0 Å². The lowest BCUT2D eigenvalue weighted by Crippen LogP contribution is -2.47. The van der Waals surface area contributed by atoms with E-state index in [1.165, 1.54) is 17.1 Å². The van der Waals surface area contributed by atoms with E-state index < -0.39 is 0 Å². The maximum absolute atomic E-state index is 12.2. The van der Waals surface area contributed by atoms with Gasteiger partial charge in [0, 0.05) is 17.8 Å². The van der Waals surface area contributed by atoms with E-state index in [2.05, 4.69) is 5.32 Å². The van der Waals surface area contributed by atoms with Crippen LogP contribution in [0.4, 0.5) is 0 Å². The average molecular weight is 270 g/mol. The third-order valence-corrected chi connectivity index (χ3v) is 5.03. The highest BCUT2D eigenvalue weighted by molar-refractivity contribution is 7.99. The molecule has 2 rings (SSSR count). The number of imide groups is 1. The van der Waals surface area contributed by atoms with Crippen molar-refractivity contribution in [2.24, 2.45) is 0 Å². The Kier molecular flexibility index (Phi) is 4.67. The van der Waals surface area contributed by atoms with Crippen molar-refractivity contribution in [2.75, 3.05) is 11.5 Å². The highest BCUT2D eigenvalue weighted by atomic mass is 32.2. The topological polar surface area (TPSA) is 49.4 Å². The van der Waals surface area contributed by atoms with Gasteiger partial charge in [-0.3, -0.25) is 14.5 Å².